The zero-order valence-electron chi connectivity index (χ0n) is 41.6. The number of aliphatic hydroxyl groups is 2. The summed E-state index contributed by atoms with van der Waals surface area (Å²) in [5.74, 6) is -6.65. The van der Waals surface area contributed by atoms with Crippen LogP contribution in [-0.4, -0.2) is 170 Å². The first kappa shape index (κ1) is 64.7. The lowest BCUT2D eigenvalue weighted by Crippen LogP contribution is -2.34. The van der Waals surface area contributed by atoms with Gasteiger partial charge in [0.15, 0.2) is 24.4 Å². The van der Waals surface area contributed by atoms with Gasteiger partial charge >= 0.3 is 72.4 Å². The Morgan fingerprint density at radius 1 is 0.608 bits per heavy atom. The largest absolute Gasteiger partial charge is 0.508 e. The predicted octanol–water partition coefficient (Wildman–Crippen LogP) is 3.23. The van der Waals surface area contributed by atoms with Crippen LogP contribution in [0.5, 0.6) is 0 Å². The normalized spacial score (nSPS) is 22.7. The second-order valence-corrected chi connectivity index (χ2v) is 16.9. The van der Waals surface area contributed by atoms with E-state index in [1.165, 1.54) is 0 Å². The molecule has 6 heterocycles. The molecule has 8 unspecified atom stereocenters. The van der Waals surface area contributed by atoms with Gasteiger partial charge < -0.3 is 77.3 Å². The van der Waals surface area contributed by atoms with Gasteiger partial charge in [-0.25, -0.2) is 38.4 Å². The molecule has 5 fully saturated rings. The summed E-state index contributed by atoms with van der Waals surface area (Å²) < 4.78 is 54.2. The van der Waals surface area contributed by atoms with Crippen LogP contribution in [-0.2, 0) is 95.2 Å². The van der Waals surface area contributed by atoms with Crippen molar-refractivity contribution >= 4 is 72.4 Å². The van der Waals surface area contributed by atoms with Crippen LogP contribution in [0.2, 0.25) is 0 Å². The molecule has 0 aromatic carbocycles. The third-order valence-corrected chi connectivity index (χ3v) is 9.80. The average molecular weight is 1070 g/mol. The molecule has 0 bridgehead atoms. The maximum absolute atomic E-state index is 12.2. The van der Waals surface area contributed by atoms with Crippen molar-refractivity contribution in [3.8, 4) is 0 Å². The first-order valence-corrected chi connectivity index (χ1v) is 23.1. The second kappa shape index (κ2) is 34.9. The van der Waals surface area contributed by atoms with Crippen molar-refractivity contribution in [2.45, 2.75) is 104 Å². The molecular formula is C46H68O28. The van der Waals surface area contributed by atoms with Gasteiger partial charge in [-0.05, 0) is 37.5 Å². The number of carbonyl (C=O) groups excluding carboxylic acids is 10. The number of cyclic esters (lactones) is 12. The Hall–Kier alpha value is -7.36. The highest BCUT2D eigenvalue weighted by atomic mass is 16.8. The number of hydrogen-bond acceptors (Lipinski definition) is 26. The third-order valence-electron chi connectivity index (χ3n) is 9.80. The maximum Gasteiger partial charge on any atom is 0.508 e. The van der Waals surface area contributed by atoms with E-state index in [0.717, 1.165) is 37.5 Å². The Labute approximate surface area is 426 Å². The van der Waals surface area contributed by atoms with E-state index >= 15 is 0 Å². The van der Waals surface area contributed by atoms with Crippen molar-refractivity contribution in [2.24, 2.45) is 35.5 Å². The minimum absolute atomic E-state index is 0. The van der Waals surface area contributed by atoms with E-state index in [9.17, 15) is 62.6 Å². The molecule has 0 aromatic heterocycles. The molecule has 0 aliphatic carbocycles. The van der Waals surface area contributed by atoms with Crippen molar-refractivity contribution in [3.63, 3.8) is 0 Å². The molecule has 6 aliphatic heterocycles. The van der Waals surface area contributed by atoms with Gasteiger partial charge in [0.05, 0.1) is 36.9 Å². The third kappa shape index (κ3) is 26.9. The van der Waals surface area contributed by atoms with Crippen molar-refractivity contribution in [1.82, 2.24) is 0 Å². The number of carbonyl (C=O) groups is 12. The SMILES string of the molecule is CCCC(C(=O)OCC1COC(=O)O1)C(CC(C)C)C(=O)O.CCCC1C(=O)OC(=O)C1CC(C)C.O=C(O)/C=C\C(=O)OCC1COC(=O)O1.O=C1C=CC(=O)O1.O=C1OCC(CO)O1.O=C1OCC(CO)O1.[2HH].[2HH]. The molecule has 0 aromatic rings. The van der Waals surface area contributed by atoms with Crippen LogP contribution in [0.1, 0.15) is 82.9 Å². The Balaban J connectivity index is 0. The van der Waals surface area contributed by atoms with E-state index in [4.69, 9.17) is 24.8 Å². The van der Waals surface area contributed by atoms with E-state index in [-0.39, 0.29) is 85.4 Å². The number of rotatable bonds is 19. The van der Waals surface area contributed by atoms with Gasteiger partial charge in [0.2, 0.25) is 0 Å². The summed E-state index contributed by atoms with van der Waals surface area (Å²) in [5.41, 5.74) is 0. The highest BCUT2D eigenvalue weighted by Gasteiger charge is 2.43. The molecule has 0 amide bonds. The average Bonchev–Trinajstić information content (AvgIpc) is 4.23. The highest BCUT2D eigenvalue weighted by Crippen LogP contribution is 2.32. The van der Waals surface area contributed by atoms with Gasteiger partial charge in [0, 0.05) is 27.2 Å². The van der Waals surface area contributed by atoms with Crippen LogP contribution in [0.3, 0.4) is 0 Å². The van der Waals surface area contributed by atoms with Gasteiger partial charge in [0.1, 0.15) is 39.6 Å². The topological polar surface area (TPSA) is 397 Å². The second-order valence-electron chi connectivity index (χ2n) is 16.9. The molecule has 0 spiro atoms. The lowest BCUT2D eigenvalue weighted by Gasteiger charge is -2.24. The Morgan fingerprint density at radius 2 is 1.05 bits per heavy atom. The quantitative estimate of drug-likeness (QED) is 0.0624. The first-order chi connectivity index (χ1) is 34.9. The minimum Gasteiger partial charge on any atom is -0.481 e. The Bertz CT molecular complexity index is 1940. The fourth-order valence-electron chi connectivity index (χ4n) is 6.47. The summed E-state index contributed by atoms with van der Waals surface area (Å²) >= 11 is 0. The molecule has 0 radical (unpaired) electrons. The van der Waals surface area contributed by atoms with E-state index in [1.807, 2.05) is 27.7 Å². The fourth-order valence-corrected chi connectivity index (χ4v) is 6.47. The number of aliphatic carboxylic acids is 2. The molecule has 0 saturated carbocycles. The predicted molar refractivity (Wildman–Crippen MR) is 244 cm³/mol. The van der Waals surface area contributed by atoms with Gasteiger partial charge in [0.25, 0.3) is 0 Å². The summed E-state index contributed by atoms with van der Waals surface area (Å²) in [5, 5.41) is 34.2. The van der Waals surface area contributed by atoms with Crippen LogP contribution in [0.4, 0.5) is 19.2 Å². The van der Waals surface area contributed by atoms with Gasteiger partial charge in [-0.3, -0.25) is 19.2 Å². The molecule has 420 valence electrons. The van der Waals surface area contributed by atoms with Crippen LogP contribution in [0.15, 0.2) is 24.3 Å². The maximum atomic E-state index is 12.2. The van der Waals surface area contributed by atoms with Gasteiger partial charge in [-0.15, -0.1) is 0 Å². The van der Waals surface area contributed by atoms with Gasteiger partial charge in [-0.2, -0.15) is 0 Å². The van der Waals surface area contributed by atoms with Crippen LogP contribution < -0.4 is 0 Å². The standard InChI is InChI=1S/C15H24O7.C11H18O3.C8H8O7.2C4H6O4.C4H2O3.2H2/c1-4-5-11(12(13(16)17)6-9(2)3)14(18)20-7-10-8-21-15(19)22-10;1-4-5-8-9(6-7(2)3)11(13)14-10(8)12;9-6(10)1-2-7(11)13-3-5-4-14-8(12)15-5;2*5-1-3-2-7-4(6)8-3;5-3-1-2-4(6)7-3;;/h9-12H,4-8H2,1-3H3,(H,16,17);7-9H,4-6H2,1-3H3;1-2,5H,3-4H2,(H,9,10);2*3,5H,1-2H2;1-2H;2*1H/b;;2-1-;;;;;/i;;;;;;2*1+1. The Morgan fingerprint density at radius 3 is 1.38 bits per heavy atom. The molecule has 8 atom stereocenters. The molecule has 74 heavy (non-hydrogen) atoms. The Kier molecular flexibility index (Phi) is 30.5. The number of carboxylic acid groups (broad SMARTS) is 2. The number of hydrogen-bond donors (Lipinski definition) is 4. The lowest BCUT2D eigenvalue weighted by atomic mass is 9.83. The summed E-state index contributed by atoms with van der Waals surface area (Å²) in [6.07, 6.45) is 2.48. The lowest BCUT2D eigenvalue weighted by molar-refractivity contribution is -0.160. The van der Waals surface area contributed by atoms with E-state index in [1.54, 1.807) is 0 Å². The molecule has 6 aliphatic rings. The summed E-state index contributed by atoms with van der Waals surface area (Å²) in [6, 6.07) is 0. The monoisotopic (exact) mass is 1070 g/mol. The number of carboxylic acids is 2. The van der Waals surface area contributed by atoms with Crippen molar-refractivity contribution in [1.29, 1.82) is 0 Å². The molecule has 6 rings (SSSR count). The summed E-state index contributed by atoms with van der Waals surface area (Å²) in [4.78, 5) is 128. The number of aliphatic hydroxyl groups excluding tert-OH is 2. The van der Waals surface area contributed by atoms with E-state index in [0.29, 0.717) is 31.3 Å². The zero-order chi connectivity index (χ0) is 55.9. The van der Waals surface area contributed by atoms with Crippen molar-refractivity contribution in [2.75, 3.05) is 52.9 Å². The van der Waals surface area contributed by atoms with E-state index in [2.05, 4.69) is 61.2 Å². The highest BCUT2D eigenvalue weighted by molar-refractivity contribution is 6.05. The number of esters is 6. The van der Waals surface area contributed by atoms with Gasteiger partial charge in [-0.1, -0.05) is 54.4 Å². The minimum atomic E-state index is -1.25. The van der Waals surface area contributed by atoms with Crippen LogP contribution in [0, 0.1) is 35.5 Å². The van der Waals surface area contributed by atoms with Crippen molar-refractivity contribution in [3.05, 3.63) is 24.3 Å². The number of ether oxygens (including phenoxy) is 12. The fraction of sp³-hybridized carbons (Fsp3) is 0.652. The van der Waals surface area contributed by atoms with Crippen LogP contribution in [0.25, 0.3) is 0 Å². The molecule has 4 N–H and O–H groups in total. The molecule has 28 nitrogen and oxygen atoms in total. The molecule has 5 saturated heterocycles. The first-order valence-electron chi connectivity index (χ1n) is 23.1. The summed E-state index contributed by atoms with van der Waals surface area (Å²) in [6.45, 7) is 11.7. The smallest absolute Gasteiger partial charge is 0.481 e. The summed E-state index contributed by atoms with van der Waals surface area (Å²) in [7, 11) is 0. The molecule has 28 heteroatoms. The zero-order valence-corrected chi connectivity index (χ0v) is 41.6. The molecular weight excluding hydrogens is 1000 g/mol. The van der Waals surface area contributed by atoms with Crippen LogP contribution >= 0.6 is 0 Å². The van der Waals surface area contributed by atoms with E-state index < -0.39 is 96.7 Å². The van der Waals surface area contributed by atoms with Crippen molar-refractivity contribution < 1.29 is 138 Å².